The molecule has 0 aromatic carbocycles. The second-order valence-corrected chi connectivity index (χ2v) is 11.2. The van der Waals surface area contributed by atoms with Crippen LogP contribution in [-0.4, -0.2) is 82.3 Å². The average Bonchev–Trinajstić information content (AvgIpc) is 3.19. The van der Waals surface area contributed by atoms with Gasteiger partial charge in [0, 0.05) is 25.7 Å². The summed E-state index contributed by atoms with van der Waals surface area (Å²) in [4.78, 5) is 45.5. The highest BCUT2D eigenvalue weighted by Gasteiger charge is 2.74. The number of carbonyl (C=O) groups is 3. The Morgan fingerprint density at radius 2 is 1.78 bits per heavy atom. The Hall–Kier alpha value is -2.19. The van der Waals surface area contributed by atoms with E-state index in [1.807, 2.05) is 36.1 Å². The molecule has 0 aromatic heterocycles. The summed E-state index contributed by atoms with van der Waals surface area (Å²) < 4.78 is 12.5. The number of carbonyl (C=O) groups excluding carboxylic acids is 3. The third-order valence-electron chi connectivity index (χ3n) is 8.85. The Balaban J connectivity index is 1.58. The van der Waals surface area contributed by atoms with Crippen molar-refractivity contribution in [1.29, 1.82) is 0 Å². The van der Waals surface area contributed by atoms with Crippen LogP contribution in [-0.2, 0) is 23.9 Å². The molecule has 5 rings (SSSR count). The monoisotopic (exact) mass is 500 g/mol. The predicted molar refractivity (Wildman–Crippen MR) is 133 cm³/mol. The molecule has 1 aliphatic carbocycles. The van der Waals surface area contributed by atoms with Gasteiger partial charge in [-0.05, 0) is 51.9 Å². The Labute approximate surface area is 213 Å². The van der Waals surface area contributed by atoms with E-state index >= 15 is 0 Å². The molecule has 1 saturated carbocycles. The number of cyclic esters (lactones) is 1. The van der Waals surface area contributed by atoms with E-state index in [2.05, 4.69) is 0 Å². The van der Waals surface area contributed by atoms with Gasteiger partial charge in [0.1, 0.15) is 17.6 Å². The average molecular weight is 501 g/mol. The number of aliphatic hydroxyl groups is 1. The molecule has 3 fully saturated rings. The van der Waals surface area contributed by atoms with Gasteiger partial charge < -0.3 is 24.4 Å². The minimum absolute atomic E-state index is 0.0254. The van der Waals surface area contributed by atoms with Crippen LogP contribution in [0.3, 0.4) is 0 Å². The third kappa shape index (κ3) is 4.20. The van der Waals surface area contributed by atoms with E-state index in [0.29, 0.717) is 32.5 Å². The lowest BCUT2D eigenvalue weighted by Crippen LogP contribution is -2.57. The standard InChI is InChI=1S/C28H40N2O6/c1-27-14-7-2-3-10-19-35-26(34)22(27)21-24(32)30(16-8-9-18-31)23-25(33)29(20-12-5-4-6-13-20)17-11-15-28(21,23)36-27/h7,11,14-15,20-23,31H,2-6,8-10,12-13,16-19H2,1H3/b14-7-/t21-,22+,23?,27-,28-/m0/s1. The Kier molecular flexibility index (Phi) is 7.27. The van der Waals surface area contributed by atoms with E-state index in [4.69, 9.17) is 9.47 Å². The molecule has 5 aliphatic rings. The van der Waals surface area contributed by atoms with Gasteiger partial charge in [-0.2, -0.15) is 0 Å². The number of hydrogen-bond acceptors (Lipinski definition) is 6. The molecule has 198 valence electrons. The van der Waals surface area contributed by atoms with Gasteiger partial charge >= 0.3 is 5.97 Å². The van der Waals surface area contributed by atoms with Gasteiger partial charge in [-0.25, -0.2) is 0 Å². The molecule has 0 radical (unpaired) electrons. The van der Waals surface area contributed by atoms with Crippen LogP contribution in [0.5, 0.6) is 0 Å². The molecule has 0 bridgehead atoms. The second-order valence-electron chi connectivity index (χ2n) is 11.2. The SMILES string of the molecule is C[C@]12/C=C\CCCCOC(=O)[C@H]1[C@H]1C(=O)N(CCCCO)C3C(=O)N(C4CCCCC4)CC=C[C@@]31O2. The van der Waals surface area contributed by atoms with Crippen molar-refractivity contribution in [2.45, 2.75) is 94.4 Å². The van der Waals surface area contributed by atoms with Crippen molar-refractivity contribution in [2.75, 3.05) is 26.3 Å². The minimum atomic E-state index is -1.23. The zero-order valence-electron chi connectivity index (χ0n) is 21.4. The maximum absolute atomic E-state index is 14.3. The van der Waals surface area contributed by atoms with E-state index in [1.165, 1.54) is 6.42 Å². The van der Waals surface area contributed by atoms with Gasteiger partial charge in [-0.3, -0.25) is 14.4 Å². The largest absolute Gasteiger partial charge is 0.465 e. The van der Waals surface area contributed by atoms with Crippen molar-refractivity contribution in [2.24, 2.45) is 11.8 Å². The van der Waals surface area contributed by atoms with Gasteiger partial charge in [0.15, 0.2) is 0 Å². The summed E-state index contributed by atoms with van der Waals surface area (Å²) in [5.41, 5.74) is -2.28. The maximum atomic E-state index is 14.3. The fraction of sp³-hybridized carbons (Fsp3) is 0.750. The van der Waals surface area contributed by atoms with E-state index in [9.17, 15) is 19.5 Å². The molecule has 1 N–H and O–H groups in total. The highest BCUT2D eigenvalue weighted by Crippen LogP contribution is 2.57. The summed E-state index contributed by atoms with van der Waals surface area (Å²) in [6.45, 7) is 3.03. The quantitative estimate of drug-likeness (QED) is 0.354. The van der Waals surface area contributed by atoms with Crippen molar-refractivity contribution >= 4 is 17.8 Å². The predicted octanol–water partition coefficient (Wildman–Crippen LogP) is 2.74. The van der Waals surface area contributed by atoms with E-state index in [0.717, 1.165) is 44.9 Å². The molecule has 1 unspecified atom stereocenters. The molecular weight excluding hydrogens is 460 g/mol. The van der Waals surface area contributed by atoms with E-state index in [-0.39, 0.29) is 24.5 Å². The number of ether oxygens (including phenoxy) is 2. The smallest absolute Gasteiger partial charge is 0.313 e. The number of nitrogens with zero attached hydrogens (tertiary/aromatic N) is 2. The molecule has 36 heavy (non-hydrogen) atoms. The van der Waals surface area contributed by atoms with Crippen LogP contribution in [0.25, 0.3) is 0 Å². The molecule has 2 amide bonds. The summed E-state index contributed by atoms with van der Waals surface area (Å²) in [5, 5.41) is 9.35. The van der Waals surface area contributed by atoms with Crippen LogP contribution in [0.1, 0.15) is 71.1 Å². The third-order valence-corrected chi connectivity index (χ3v) is 8.85. The number of rotatable bonds is 5. The fourth-order valence-corrected chi connectivity index (χ4v) is 7.17. The number of allylic oxidation sites excluding steroid dienone is 1. The molecule has 8 nitrogen and oxygen atoms in total. The molecule has 4 aliphatic heterocycles. The Morgan fingerprint density at radius 1 is 0.972 bits per heavy atom. The zero-order chi connectivity index (χ0) is 25.3. The normalized spacial score (nSPS) is 38.3. The minimum Gasteiger partial charge on any atom is -0.465 e. The highest BCUT2D eigenvalue weighted by atomic mass is 16.6. The number of hydrogen-bond donors (Lipinski definition) is 1. The lowest BCUT2D eigenvalue weighted by atomic mass is 9.74. The highest BCUT2D eigenvalue weighted by molar-refractivity contribution is 5.99. The number of esters is 1. The number of fused-ring (bicyclic) bond motifs is 2. The van der Waals surface area contributed by atoms with Crippen molar-refractivity contribution in [3.63, 3.8) is 0 Å². The van der Waals surface area contributed by atoms with Crippen molar-refractivity contribution in [1.82, 2.24) is 9.80 Å². The topological polar surface area (TPSA) is 96.4 Å². The van der Waals surface area contributed by atoms with E-state index in [1.54, 1.807) is 4.90 Å². The summed E-state index contributed by atoms with van der Waals surface area (Å²) in [7, 11) is 0. The lowest BCUT2D eigenvalue weighted by molar-refractivity contribution is -0.160. The van der Waals surface area contributed by atoms with Gasteiger partial charge in [0.05, 0.1) is 18.1 Å². The molecule has 1 spiro atoms. The summed E-state index contributed by atoms with van der Waals surface area (Å²) in [6, 6.07) is -0.674. The molecule has 0 aromatic rings. The van der Waals surface area contributed by atoms with Crippen molar-refractivity contribution < 1.29 is 29.0 Å². The Bertz CT molecular complexity index is 927. The second kappa shape index (κ2) is 10.3. The first kappa shape index (κ1) is 25.5. The fourth-order valence-electron chi connectivity index (χ4n) is 7.17. The maximum Gasteiger partial charge on any atom is 0.313 e. The number of likely N-dealkylation sites (tertiary alicyclic amines) is 1. The molecular formula is C28H40N2O6. The molecule has 4 heterocycles. The zero-order valence-corrected chi connectivity index (χ0v) is 21.4. The number of unbranched alkanes of at least 4 members (excludes halogenated alkanes) is 1. The van der Waals surface area contributed by atoms with Crippen LogP contribution < -0.4 is 0 Å². The van der Waals surface area contributed by atoms with Crippen LogP contribution >= 0.6 is 0 Å². The van der Waals surface area contributed by atoms with E-state index < -0.39 is 35.0 Å². The van der Waals surface area contributed by atoms with Crippen LogP contribution in [0.2, 0.25) is 0 Å². The first-order valence-corrected chi connectivity index (χ1v) is 13.9. The van der Waals surface area contributed by atoms with Crippen molar-refractivity contribution in [3.05, 3.63) is 24.3 Å². The summed E-state index contributed by atoms with van der Waals surface area (Å²) >= 11 is 0. The number of amides is 2. The summed E-state index contributed by atoms with van der Waals surface area (Å²) in [6.07, 6.45) is 16.8. The first-order valence-electron chi connectivity index (χ1n) is 13.9. The van der Waals surface area contributed by atoms with Crippen LogP contribution in [0, 0.1) is 11.8 Å². The Morgan fingerprint density at radius 3 is 2.56 bits per heavy atom. The summed E-state index contributed by atoms with van der Waals surface area (Å²) in [5.74, 6) is -2.40. The molecule has 2 saturated heterocycles. The van der Waals surface area contributed by atoms with Crippen molar-refractivity contribution in [3.8, 4) is 0 Å². The molecule has 5 atom stereocenters. The lowest BCUT2D eigenvalue weighted by Gasteiger charge is -2.40. The number of aliphatic hydroxyl groups excluding tert-OH is 1. The molecule has 8 heteroatoms. The van der Waals surface area contributed by atoms with Gasteiger partial charge in [-0.15, -0.1) is 0 Å². The first-order chi connectivity index (χ1) is 17.4. The van der Waals surface area contributed by atoms with Gasteiger partial charge in [0.2, 0.25) is 11.8 Å². The van der Waals surface area contributed by atoms with Gasteiger partial charge in [-0.1, -0.05) is 43.6 Å². The van der Waals surface area contributed by atoms with Crippen LogP contribution in [0.4, 0.5) is 0 Å². The van der Waals surface area contributed by atoms with Gasteiger partial charge in [0.25, 0.3) is 0 Å². The van der Waals surface area contributed by atoms with Crippen LogP contribution in [0.15, 0.2) is 24.3 Å².